The van der Waals surface area contributed by atoms with Crippen LogP contribution in [0.3, 0.4) is 0 Å². The number of isocyanates is 1. The van der Waals surface area contributed by atoms with Crippen LogP contribution in [0, 0.1) is 0 Å². The highest BCUT2D eigenvalue weighted by Gasteiger charge is 2.09. The molecular formula is C14H7ClN2O2. The molecule has 0 saturated heterocycles. The zero-order valence-corrected chi connectivity index (χ0v) is 10.4. The number of aromatic nitrogens is 1. The maximum atomic E-state index is 12.4. The number of pyridine rings is 1. The molecular weight excluding hydrogens is 264 g/mol. The number of aromatic amines is 1. The van der Waals surface area contributed by atoms with Crippen molar-refractivity contribution >= 4 is 45.2 Å². The van der Waals surface area contributed by atoms with Crippen LogP contribution in [-0.4, -0.2) is 11.1 Å². The molecule has 4 nitrogen and oxygen atoms in total. The first kappa shape index (κ1) is 11.7. The molecule has 1 heterocycles. The van der Waals surface area contributed by atoms with E-state index in [9.17, 15) is 9.59 Å². The Morgan fingerprint density at radius 1 is 1.05 bits per heavy atom. The Morgan fingerprint density at radius 3 is 2.47 bits per heavy atom. The van der Waals surface area contributed by atoms with Gasteiger partial charge in [0.05, 0.1) is 16.1 Å². The van der Waals surface area contributed by atoms with Crippen molar-refractivity contribution in [3.63, 3.8) is 0 Å². The van der Waals surface area contributed by atoms with Crippen molar-refractivity contribution in [2.45, 2.75) is 0 Å². The number of fused-ring (bicyclic) bond motifs is 2. The van der Waals surface area contributed by atoms with Gasteiger partial charge in [-0.25, -0.2) is 4.79 Å². The summed E-state index contributed by atoms with van der Waals surface area (Å²) in [7, 11) is 0. The first-order valence-corrected chi connectivity index (χ1v) is 5.91. The van der Waals surface area contributed by atoms with Gasteiger partial charge in [-0.2, -0.15) is 4.99 Å². The molecule has 0 saturated carbocycles. The topological polar surface area (TPSA) is 62.3 Å². The molecule has 0 aliphatic carbocycles. The van der Waals surface area contributed by atoms with E-state index in [4.69, 9.17) is 11.6 Å². The lowest BCUT2D eigenvalue weighted by atomic mass is 10.1. The lowest BCUT2D eigenvalue weighted by Crippen LogP contribution is -2.04. The van der Waals surface area contributed by atoms with E-state index in [0.717, 1.165) is 0 Å². The number of carbonyl (C=O) groups excluding carboxylic acids is 1. The van der Waals surface area contributed by atoms with Gasteiger partial charge >= 0.3 is 0 Å². The monoisotopic (exact) mass is 270 g/mol. The zero-order valence-electron chi connectivity index (χ0n) is 9.61. The lowest BCUT2D eigenvalue weighted by Gasteiger charge is -2.05. The Balaban J connectivity index is 2.62. The van der Waals surface area contributed by atoms with Crippen molar-refractivity contribution in [1.82, 2.24) is 4.98 Å². The van der Waals surface area contributed by atoms with Gasteiger partial charge in [-0.1, -0.05) is 23.7 Å². The average molecular weight is 271 g/mol. The second-order valence-corrected chi connectivity index (χ2v) is 4.43. The molecule has 0 amide bonds. The normalized spacial score (nSPS) is 10.6. The molecule has 2 aromatic carbocycles. The van der Waals surface area contributed by atoms with Gasteiger partial charge in [0.2, 0.25) is 6.08 Å². The molecule has 19 heavy (non-hydrogen) atoms. The Kier molecular flexibility index (Phi) is 2.67. The third kappa shape index (κ3) is 1.74. The summed E-state index contributed by atoms with van der Waals surface area (Å²) in [5, 5.41) is 1.42. The van der Waals surface area contributed by atoms with E-state index in [1.54, 1.807) is 36.4 Å². The largest absolute Gasteiger partial charge is 0.351 e. The number of rotatable bonds is 1. The Labute approximate surface area is 112 Å². The summed E-state index contributed by atoms with van der Waals surface area (Å²) in [4.78, 5) is 29.5. The molecule has 0 atom stereocenters. The molecule has 0 aliphatic rings. The van der Waals surface area contributed by atoms with E-state index >= 15 is 0 Å². The number of aliphatic imine (C=N–C) groups is 1. The van der Waals surface area contributed by atoms with Crippen LogP contribution in [-0.2, 0) is 4.79 Å². The minimum Gasteiger partial charge on any atom is -0.351 e. The number of H-pyrrole nitrogens is 1. The highest BCUT2D eigenvalue weighted by molar-refractivity contribution is 6.35. The average Bonchev–Trinajstić information content (AvgIpc) is 2.42. The number of hydrogen-bond donors (Lipinski definition) is 1. The SMILES string of the molecule is O=C=Nc1cccc2c(=O)c3cccc(Cl)c3[nH]c12. The Morgan fingerprint density at radius 2 is 1.74 bits per heavy atom. The van der Waals surface area contributed by atoms with E-state index in [1.807, 2.05) is 0 Å². The van der Waals surface area contributed by atoms with Gasteiger partial charge in [-0.15, -0.1) is 0 Å². The molecule has 1 N–H and O–H groups in total. The Hall–Kier alpha value is -2.42. The molecule has 92 valence electrons. The minimum absolute atomic E-state index is 0.144. The molecule has 0 spiro atoms. The molecule has 0 unspecified atom stereocenters. The van der Waals surface area contributed by atoms with Gasteiger partial charge in [-0.3, -0.25) is 4.79 Å². The van der Waals surface area contributed by atoms with E-state index in [-0.39, 0.29) is 5.43 Å². The fourth-order valence-electron chi connectivity index (χ4n) is 2.11. The maximum Gasteiger partial charge on any atom is 0.240 e. The van der Waals surface area contributed by atoms with Gasteiger partial charge in [0, 0.05) is 10.8 Å². The van der Waals surface area contributed by atoms with Crippen LogP contribution in [0.5, 0.6) is 0 Å². The van der Waals surface area contributed by atoms with Crippen molar-refractivity contribution in [3.8, 4) is 0 Å². The summed E-state index contributed by atoms with van der Waals surface area (Å²) in [5.74, 6) is 0. The molecule has 3 aromatic rings. The fraction of sp³-hybridized carbons (Fsp3) is 0. The van der Waals surface area contributed by atoms with Crippen molar-refractivity contribution in [2.24, 2.45) is 4.99 Å². The molecule has 0 aliphatic heterocycles. The molecule has 0 radical (unpaired) electrons. The molecule has 5 heteroatoms. The number of nitrogens with one attached hydrogen (secondary N) is 1. The van der Waals surface area contributed by atoms with Gasteiger partial charge in [0.25, 0.3) is 0 Å². The predicted molar refractivity (Wildman–Crippen MR) is 74.9 cm³/mol. The number of hydrogen-bond acceptors (Lipinski definition) is 3. The maximum absolute atomic E-state index is 12.4. The van der Waals surface area contributed by atoms with Crippen LogP contribution >= 0.6 is 11.6 Å². The predicted octanol–water partition coefficient (Wildman–Crippen LogP) is 3.30. The van der Waals surface area contributed by atoms with Gasteiger partial charge in [-0.05, 0) is 24.3 Å². The lowest BCUT2D eigenvalue weighted by molar-refractivity contribution is 0.565. The van der Waals surface area contributed by atoms with Gasteiger partial charge in [0.15, 0.2) is 5.43 Å². The van der Waals surface area contributed by atoms with Crippen molar-refractivity contribution in [3.05, 3.63) is 51.6 Å². The summed E-state index contributed by atoms with van der Waals surface area (Å²) in [6.45, 7) is 0. The van der Waals surface area contributed by atoms with E-state index < -0.39 is 0 Å². The Bertz CT molecular complexity index is 908. The van der Waals surface area contributed by atoms with Crippen LogP contribution in [0.1, 0.15) is 0 Å². The van der Waals surface area contributed by atoms with E-state index in [2.05, 4.69) is 9.98 Å². The highest BCUT2D eigenvalue weighted by Crippen LogP contribution is 2.26. The second kappa shape index (κ2) is 4.35. The van der Waals surface area contributed by atoms with Crippen LogP contribution in [0.2, 0.25) is 5.02 Å². The quantitative estimate of drug-likeness (QED) is 0.419. The summed E-state index contributed by atoms with van der Waals surface area (Å²) < 4.78 is 0. The molecule has 0 fully saturated rings. The third-order valence-electron chi connectivity index (χ3n) is 2.96. The number of nitrogens with zero attached hydrogens (tertiary/aromatic N) is 1. The van der Waals surface area contributed by atoms with E-state index in [0.29, 0.717) is 32.5 Å². The third-order valence-corrected chi connectivity index (χ3v) is 3.28. The number of para-hydroxylation sites is 2. The number of halogens is 1. The summed E-state index contributed by atoms with van der Waals surface area (Å²) in [6.07, 6.45) is 1.48. The zero-order chi connectivity index (χ0) is 13.4. The van der Waals surface area contributed by atoms with Gasteiger partial charge in [0.1, 0.15) is 5.69 Å². The van der Waals surface area contributed by atoms with Crippen LogP contribution in [0.15, 0.2) is 46.2 Å². The van der Waals surface area contributed by atoms with Gasteiger partial charge < -0.3 is 4.98 Å². The van der Waals surface area contributed by atoms with Crippen molar-refractivity contribution in [1.29, 1.82) is 0 Å². The summed E-state index contributed by atoms with van der Waals surface area (Å²) in [5.41, 5.74) is 1.24. The smallest absolute Gasteiger partial charge is 0.240 e. The van der Waals surface area contributed by atoms with Crippen LogP contribution in [0.25, 0.3) is 21.8 Å². The summed E-state index contributed by atoms with van der Waals surface area (Å²) in [6, 6.07) is 10.1. The van der Waals surface area contributed by atoms with Crippen LogP contribution in [0.4, 0.5) is 5.69 Å². The van der Waals surface area contributed by atoms with E-state index in [1.165, 1.54) is 6.08 Å². The molecule has 0 bridgehead atoms. The fourth-order valence-corrected chi connectivity index (χ4v) is 2.34. The highest BCUT2D eigenvalue weighted by atomic mass is 35.5. The van der Waals surface area contributed by atoms with Crippen LogP contribution < -0.4 is 5.43 Å². The summed E-state index contributed by atoms with van der Waals surface area (Å²) >= 11 is 6.08. The standard InChI is InChI=1S/C14H7ClN2O2/c15-10-5-1-3-8-12(10)17-13-9(14(8)19)4-2-6-11(13)16-7-18/h1-6H,(H,17,19). The molecule has 3 rings (SSSR count). The first-order valence-electron chi connectivity index (χ1n) is 5.53. The first-order chi connectivity index (χ1) is 9.22. The molecule has 1 aromatic heterocycles. The number of benzene rings is 2. The second-order valence-electron chi connectivity index (χ2n) is 4.02. The minimum atomic E-state index is -0.144. The van der Waals surface area contributed by atoms with Crippen molar-refractivity contribution < 1.29 is 4.79 Å². The van der Waals surface area contributed by atoms with Crippen molar-refractivity contribution in [2.75, 3.05) is 0 Å².